The highest BCUT2D eigenvalue weighted by Crippen LogP contribution is 2.24. The smallest absolute Gasteiger partial charge is 0.305 e. The van der Waals surface area contributed by atoms with E-state index < -0.39 is 11.9 Å². The maximum atomic E-state index is 11.0. The molecule has 0 spiro atoms. The summed E-state index contributed by atoms with van der Waals surface area (Å²) in [5.74, 6) is -1.43. The van der Waals surface area contributed by atoms with E-state index >= 15 is 0 Å². The van der Waals surface area contributed by atoms with Crippen molar-refractivity contribution in [1.29, 1.82) is 0 Å². The fourth-order valence-corrected chi connectivity index (χ4v) is 1.75. The van der Waals surface area contributed by atoms with Crippen LogP contribution in [-0.2, 0) is 4.79 Å². The van der Waals surface area contributed by atoms with Crippen molar-refractivity contribution in [3.05, 3.63) is 28.8 Å². The number of halogens is 1. The Kier molecular flexibility index (Phi) is 4.97. The van der Waals surface area contributed by atoms with E-state index in [9.17, 15) is 9.59 Å². The standard InChI is InChI=1S/C12H15ClN2O3/c1-2-8(6-11(16)17)15-10-4-3-7(12(14)18)5-9(10)13/h3-5,8,15H,2,6H2,1H3,(H2,14,18)(H,16,17). The zero-order chi connectivity index (χ0) is 13.7. The van der Waals surface area contributed by atoms with Crippen LogP contribution in [0, 0.1) is 0 Å². The molecule has 1 aromatic rings. The highest BCUT2D eigenvalue weighted by Gasteiger charge is 2.13. The molecule has 18 heavy (non-hydrogen) atoms. The fourth-order valence-electron chi connectivity index (χ4n) is 1.51. The van der Waals surface area contributed by atoms with E-state index in [2.05, 4.69) is 5.32 Å². The minimum absolute atomic E-state index is 0.00436. The van der Waals surface area contributed by atoms with Gasteiger partial charge in [0.25, 0.3) is 0 Å². The summed E-state index contributed by atoms with van der Waals surface area (Å²) in [6.07, 6.45) is 0.657. The van der Waals surface area contributed by atoms with Crippen LogP contribution in [0.5, 0.6) is 0 Å². The maximum absolute atomic E-state index is 11.0. The van der Waals surface area contributed by atoms with Crippen LogP contribution in [0.3, 0.4) is 0 Å². The number of hydrogen-bond donors (Lipinski definition) is 3. The van der Waals surface area contributed by atoms with Gasteiger partial charge in [-0.25, -0.2) is 0 Å². The average molecular weight is 271 g/mol. The van der Waals surface area contributed by atoms with Gasteiger partial charge < -0.3 is 16.2 Å². The quantitative estimate of drug-likeness (QED) is 0.738. The van der Waals surface area contributed by atoms with Crippen LogP contribution in [0.4, 0.5) is 5.69 Å². The largest absolute Gasteiger partial charge is 0.481 e. The fraction of sp³-hybridized carbons (Fsp3) is 0.333. The van der Waals surface area contributed by atoms with Gasteiger partial charge in [0.2, 0.25) is 5.91 Å². The normalized spacial score (nSPS) is 11.9. The molecule has 0 heterocycles. The number of carboxylic acid groups (broad SMARTS) is 1. The molecule has 0 aromatic heterocycles. The number of anilines is 1. The molecular formula is C12H15ClN2O3. The molecule has 0 aliphatic heterocycles. The monoisotopic (exact) mass is 270 g/mol. The van der Waals surface area contributed by atoms with Gasteiger partial charge in [0, 0.05) is 11.6 Å². The summed E-state index contributed by atoms with van der Waals surface area (Å²) >= 11 is 5.99. The summed E-state index contributed by atoms with van der Waals surface area (Å²) in [5, 5.41) is 12.1. The number of aliphatic carboxylic acids is 1. The first kappa shape index (κ1) is 14.3. The summed E-state index contributed by atoms with van der Waals surface area (Å²) < 4.78 is 0. The highest BCUT2D eigenvalue weighted by atomic mass is 35.5. The van der Waals surface area contributed by atoms with Crippen LogP contribution in [0.1, 0.15) is 30.1 Å². The third-order valence-electron chi connectivity index (χ3n) is 2.53. The first-order chi connectivity index (χ1) is 8.43. The van der Waals surface area contributed by atoms with Crippen molar-refractivity contribution in [3.8, 4) is 0 Å². The number of primary amides is 1. The minimum atomic E-state index is -0.876. The molecule has 1 aromatic carbocycles. The van der Waals surface area contributed by atoms with E-state index in [1.165, 1.54) is 6.07 Å². The Bertz CT molecular complexity index is 463. The van der Waals surface area contributed by atoms with Gasteiger partial charge in [-0.05, 0) is 24.6 Å². The summed E-state index contributed by atoms with van der Waals surface area (Å²) in [4.78, 5) is 21.6. The van der Waals surface area contributed by atoms with Crippen molar-refractivity contribution in [2.24, 2.45) is 5.73 Å². The number of hydrogen-bond acceptors (Lipinski definition) is 3. The van der Waals surface area contributed by atoms with E-state index in [4.69, 9.17) is 22.4 Å². The number of rotatable bonds is 6. The lowest BCUT2D eigenvalue weighted by Gasteiger charge is -2.17. The maximum Gasteiger partial charge on any atom is 0.305 e. The third kappa shape index (κ3) is 3.92. The molecule has 0 fully saturated rings. The third-order valence-corrected chi connectivity index (χ3v) is 2.84. The van der Waals surface area contributed by atoms with Crippen LogP contribution in [0.2, 0.25) is 5.02 Å². The van der Waals surface area contributed by atoms with Crippen molar-refractivity contribution < 1.29 is 14.7 Å². The Balaban J connectivity index is 2.83. The van der Waals surface area contributed by atoms with Crippen LogP contribution in [0.25, 0.3) is 0 Å². The van der Waals surface area contributed by atoms with Crippen LogP contribution in [-0.4, -0.2) is 23.0 Å². The number of amides is 1. The average Bonchev–Trinajstić information content (AvgIpc) is 2.29. The number of carbonyl (C=O) groups is 2. The molecule has 1 amide bonds. The van der Waals surface area contributed by atoms with Crippen molar-refractivity contribution in [3.63, 3.8) is 0 Å². The van der Waals surface area contributed by atoms with Crippen LogP contribution >= 0.6 is 11.6 Å². The first-order valence-electron chi connectivity index (χ1n) is 5.51. The molecule has 0 aliphatic rings. The number of benzene rings is 1. The van der Waals surface area contributed by atoms with Gasteiger partial charge in [-0.1, -0.05) is 18.5 Å². The van der Waals surface area contributed by atoms with Gasteiger partial charge in [0.05, 0.1) is 17.1 Å². The van der Waals surface area contributed by atoms with Gasteiger partial charge in [0.1, 0.15) is 0 Å². The number of carboxylic acids is 1. The summed E-state index contributed by atoms with van der Waals surface area (Å²) in [7, 11) is 0. The summed E-state index contributed by atoms with van der Waals surface area (Å²) in [6, 6.07) is 4.41. The van der Waals surface area contributed by atoms with E-state index in [-0.39, 0.29) is 12.5 Å². The Morgan fingerprint density at radius 2 is 2.17 bits per heavy atom. The number of carbonyl (C=O) groups excluding carboxylic acids is 1. The van der Waals surface area contributed by atoms with Crippen molar-refractivity contribution >= 4 is 29.2 Å². The first-order valence-corrected chi connectivity index (χ1v) is 5.89. The highest BCUT2D eigenvalue weighted by molar-refractivity contribution is 6.33. The van der Waals surface area contributed by atoms with Crippen molar-refractivity contribution in [2.75, 3.05) is 5.32 Å². The lowest BCUT2D eigenvalue weighted by atomic mass is 10.1. The lowest BCUT2D eigenvalue weighted by Crippen LogP contribution is -2.22. The molecule has 4 N–H and O–H groups in total. The van der Waals surface area contributed by atoms with Gasteiger partial charge in [-0.3, -0.25) is 9.59 Å². The molecule has 1 unspecified atom stereocenters. The molecule has 0 bridgehead atoms. The van der Waals surface area contributed by atoms with Gasteiger partial charge in [0.15, 0.2) is 0 Å². The number of nitrogens with one attached hydrogen (secondary N) is 1. The van der Waals surface area contributed by atoms with E-state index in [1.54, 1.807) is 12.1 Å². The number of nitrogens with two attached hydrogens (primary N) is 1. The Morgan fingerprint density at radius 3 is 2.61 bits per heavy atom. The molecular weight excluding hydrogens is 256 g/mol. The SMILES string of the molecule is CCC(CC(=O)O)Nc1ccc(C(N)=O)cc1Cl. The van der Waals surface area contributed by atoms with Gasteiger partial charge in [-0.15, -0.1) is 0 Å². The molecule has 0 aliphatic carbocycles. The van der Waals surface area contributed by atoms with Crippen LogP contribution in [0.15, 0.2) is 18.2 Å². The van der Waals surface area contributed by atoms with Gasteiger partial charge >= 0.3 is 5.97 Å². The topological polar surface area (TPSA) is 92.4 Å². The van der Waals surface area contributed by atoms with Crippen molar-refractivity contribution in [2.45, 2.75) is 25.8 Å². The van der Waals surface area contributed by atoms with Gasteiger partial charge in [-0.2, -0.15) is 0 Å². The summed E-state index contributed by atoms with van der Waals surface area (Å²) in [5.41, 5.74) is 6.04. The molecule has 6 heteroatoms. The predicted molar refractivity (Wildman–Crippen MR) is 69.9 cm³/mol. The zero-order valence-electron chi connectivity index (χ0n) is 9.94. The molecule has 5 nitrogen and oxygen atoms in total. The second-order valence-electron chi connectivity index (χ2n) is 3.91. The molecule has 98 valence electrons. The van der Waals surface area contributed by atoms with E-state index in [1.807, 2.05) is 6.92 Å². The second kappa shape index (κ2) is 6.26. The minimum Gasteiger partial charge on any atom is -0.481 e. The second-order valence-corrected chi connectivity index (χ2v) is 4.31. The molecule has 0 saturated carbocycles. The van der Waals surface area contributed by atoms with E-state index in [0.29, 0.717) is 22.7 Å². The molecule has 0 saturated heterocycles. The molecule has 1 atom stereocenters. The zero-order valence-corrected chi connectivity index (χ0v) is 10.7. The van der Waals surface area contributed by atoms with E-state index in [0.717, 1.165) is 0 Å². The van der Waals surface area contributed by atoms with Crippen molar-refractivity contribution in [1.82, 2.24) is 0 Å². The predicted octanol–water partition coefficient (Wildman–Crippen LogP) is 2.10. The Hall–Kier alpha value is -1.75. The lowest BCUT2D eigenvalue weighted by molar-refractivity contribution is -0.137. The Labute approximate surface area is 110 Å². The summed E-state index contributed by atoms with van der Waals surface area (Å²) in [6.45, 7) is 1.88. The van der Waals surface area contributed by atoms with Crippen LogP contribution < -0.4 is 11.1 Å². The molecule has 1 rings (SSSR count). The Morgan fingerprint density at radius 1 is 1.50 bits per heavy atom. The molecule has 0 radical (unpaired) electrons.